The van der Waals surface area contributed by atoms with Crippen molar-refractivity contribution in [2.75, 3.05) is 13.2 Å². The van der Waals surface area contributed by atoms with E-state index in [4.69, 9.17) is 9.47 Å². The Hall–Kier alpha value is -2.65. The van der Waals surface area contributed by atoms with Gasteiger partial charge in [0.1, 0.15) is 12.7 Å². The molecule has 1 aliphatic rings. The highest BCUT2D eigenvalue weighted by Gasteiger charge is 2.24. The second-order valence-corrected chi connectivity index (χ2v) is 7.32. The summed E-state index contributed by atoms with van der Waals surface area (Å²) in [4.78, 5) is 10.2. The second-order valence-electron chi connectivity index (χ2n) is 5.55. The van der Waals surface area contributed by atoms with Gasteiger partial charge in [0.05, 0.1) is 16.4 Å². The second kappa shape index (κ2) is 6.69. The molecule has 0 fully saturated rings. The fourth-order valence-corrected chi connectivity index (χ4v) is 3.49. The smallest absolute Gasteiger partial charge is 0.273 e. The van der Waals surface area contributed by atoms with E-state index in [0.717, 1.165) is 6.07 Å². The fourth-order valence-electron chi connectivity index (χ4n) is 2.40. The van der Waals surface area contributed by atoms with E-state index < -0.39 is 21.1 Å². The molecule has 3 rings (SSSR count). The minimum atomic E-state index is -3.90. The van der Waals surface area contributed by atoms with Gasteiger partial charge in [-0.15, -0.1) is 0 Å². The Morgan fingerprint density at radius 2 is 1.96 bits per heavy atom. The predicted molar refractivity (Wildman–Crippen MR) is 89.4 cm³/mol. The Kier molecular flexibility index (Phi) is 4.60. The number of ether oxygens (including phenoxy) is 2. The first-order valence-electron chi connectivity index (χ1n) is 7.50. The molecule has 1 heterocycles. The maximum atomic E-state index is 12.4. The van der Waals surface area contributed by atoms with E-state index in [1.165, 1.54) is 12.1 Å². The number of nitrogens with zero attached hydrogens (tertiary/aromatic N) is 1. The quantitative estimate of drug-likeness (QED) is 0.642. The minimum absolute atomic E-state index is 0.0155. The van der Waals surface area contributed by atoms with Crippen molar-refractivity contribution in [1.82, 2.24) is 4.72 Å². The first-order chi connectivity index (χ1) is 11.9. The van der Waals surface area contributed by atoms with E-state index in [0.29, 0.717) is 17.1 Å². The zero-order chi connectivity index (χ0) is 18.0. The molecule has 8 nitrogen and oxygen atoms in total. The van der Waals surface area contributed by atoms with E-state index in [-0.39, 0.29) is 23.7 Å². The van der Waals surface area contributed by atoms with Crippen LogP contribution in [-0.4, -0.2) is 32.6 Å². The Bertz CT molecular complexity index is 913. The molecule has 0 bridgehead atoms. The molecule has 132 valence electrons. The molecule has 2 aromatic carbocycles. The highest BCUT2D eigenvalue weighted by atomic mass is 32.2. The summed E-state index contributed by atoms with van der Waals surface area (Å²) in [6.45, 7) is 1.73. The summed E-state index contributed by atoms with van der Waals surface area (Å²) in [7, 11) is -3.90. The van der Waals surface area contributed by atoms with Gasteiger partial charge in [0.25, 0.3) is 5.69 Å². The molecule has 0 spiro atoms. The summed E-state index contributed by atoms with van der Waals surface area (Å²) < 4.78 is 38.4. The highest BCUT2D eigenvalue weighted by Crippen LogP contribution is 2.30. The number of nitrogens with one attached hydrogen (secondary N) is 1. The van der Waals surface area contributed by atoms with Crippen LogP contribution in [0.2, 0.25) is 0 Å². The molecule has 1 atom stereocenters. The lowest BCUT2D eigenvalue weighted by Gasteiger charge is -2.26. The topological polar surface area (TPSA) is 108 Å². The monoisotopic (exact) mass is 364 g/mol. The number of nitro benzene ring substituents is 1. The van der Waals surface area contributed by atoms with Gasteiger partial charge in [0, 0.05) is 11.6 Å². The standard InChI is InChI=1S/C16H16N2O6S/c1-11-6-7-13(8-14(11)18(19)20)25(21,22)17-9-12-10-23-15-4-2-3-5-16(15)24-12/h2-8,12,17H,9-10H2,1H3/t12-/m1/s1. The number of aryl methyl sites for hydroxylation is 1. The van der Waals surface area contributed by atoms with E-state index in [2.05, 4.69) is 4.72 Å². The number of benzene rings is 2. The molecule has 0 saturated carbocycles. The van der Waals surface area contributed by atoms with Gasteiger partial charge in [0.15, 0.2) is 11.5 Å². The first kappa shape index (κ1) is 17.2. The summed E-state index contributed by atoms with van der Waals surface area (Å²) in [6, 6.07) is 10.9. The van der Waals surface area contributed by atoms with E-state index >= 15 is 0 Å². The van der Waals surface area contributed by atoms with Crippen LogP contribution in [0.5, 0.6) is 11.5 Å². The summed E-state index contributed by atoms with van der Waals surface area (Å²) in [5, 5.41) is 11.0. The number of sulfonamides is 1. The van der Waals surface area contributed by atoms with Crippen molar-refractivity contribution < 1.29 is 22.8 Å². The van der Waals surface area contributed by atoms with Gasteiger partial charge in [-0.2, -0.15) is 0 Å². The van der Waals surface area contributed by atoms with Crippen molar-refractivity contribution >= 4 is 15.7 Å². The summed E-state index contributed by atoms with van der Waals surface area (Å²) in [6.07, 6.45) is -0.495. The average Bonchev–Trinajstić information content (AvgIpc) is 2.60. The SMILES string of the molecule is Cc1ccc(S(=O)(=O)NC[C@@H]2COc3ccccc3O2)cc1[N+](=O)[O-]. The molecule has 0 aliphatic carbocycles. The summed E-state index contributed by atoms with van der Waals surface area (Å²) >= 11 is 0. The minimum Gasteiger partial charge on any atom is -0.486 e. The van der Waals surface area contributed by atoms with E-state index in [1.807, 2.05) is 6.07 Å². The fraction of sp³-hybridized carbons (Fsp3) is 0.250. The Labute approximate surface area is 144 Å². The third kappa shape index (κ3) is 3.72. The van der Waals surface area contributed by atoms with Gasteiger partial charge < -0.3 is 9.47 Å². The zero-order valence-corrected chi connectivity index (χ0v) is 14.2. The molecule has 2 aromatic rings. The van der Waals surface area contributed by atoms with Gasteiger partial charge in [-0.1, -0.05) is 18.2 Å². The van der Waals surface area contributed by atoms with Crippen LogP contribution in [0.1, 0.15) is 5.56 Å². The Morgan fingerprint density at radius 1 is 1.24 bits per heavy atom. The number of rotatable bonds is 5. The third-order valence-electron chi connectivity index (χ3n) is 3.76. The van der Waals surface area contributed by atoms with Crippen LogP contribution in [0.4, 0.5) is 5.69 Å². The van der Waals surface area contributed by atoms with Crippen molar-refractivity contribution in [2.24, 2.45) is 0 Å². The molecule has 0 amide bonds. The molecule has 1 aliphatic heterocycles. The van der Waals surface area contributed by atoms with Crippen molar-refractivity contribution in [3.8, 4) is 11.5 Å². The number of hydrogen-bond donors (Lipinski definition) is 1. The Morgan fingerprint density at radius 3 is 2.68 bits per heavy atom. The van der Waals surface area contributed by atoms with Crippen molar-refractivity contribution in [1.29, 1.82) is 0 Å². The largest absolute Gasteiger partial charge is 0.486 e. The maximum absolute atomic E-state index is 12.4. The Balaban J connectivity index is 1.71. The third-order valence-corrected chi connectivity index (χ3v) is 5.18. The van der Waals surface area contributed by atoms with Crippen molar-refractivity contribution in [3.05, 3.63) is 58.1 Å². The normalized spacial score (nSPS) is 16.4. The molecule has 0 radical (unpaired) electrons. The molecule has 0 saturated heterocycles. The van der Waals surface area contributed by atoms with Crippen LogP contribution in [0.25, 0.3) is 0 Å². The van der Waals surface area contributed by atoms with Crippen LogP contribution < -0.4 is 14.2 Å². The molecule has 1 N–H and O–H groups in total. The summed E-state index contributed by atoms with van der Waals surface area (Å²) in [5.74, 6) is 1.15. The van der Waals surface area contributed by atoms with Crippen LogP contribution in [0.3, 0.4) is 0 Å². The average molecular weight is 364 g/mol. The van der Waals surface area contributed by atoms with Crippen LogP contribution in [0, 0.1) is 17.0 Å². The van der Waals surface area contributed by atoms with Gasteiger partial charge in [-0.25, -0.2) is 13.1 Å². The maximum Gasteiger partial charge on any atom is 0.273 e. The lowest BCUT2D eigenvalue weighted by molar-refractivity contribution is -0.385. The predicted octanol–water partition coefficient (Wildman–Crippen LogP) is 2.02. The number of hydrogen-bond acceptors (Lipinski definition) is 6. The number of para-hydroxylation sites is 2. The van der Waals surface area contributed by atoms with E-state index in [1.54, 1.807) is 25.1 Å². The van der Waals surface area contributed by atoms with E-state index in [9.17, 15) is 18.5 Å². The van der Waals surface area contributed by atoms with Gasteiger partial charge in [-0.05, 0) is 25.1 Å². The highest BCUT2D eigenvalue weighted by molar-refractivity contribution is 7.89. The molecule has 0 aromatic heterocycles. The molecular formula is C16H16N2O6S. The van der Waals surface area contributed by atoms with Crippen molar-refractivity contribution in [3.63, 3.8) is 0 Å². The van der Waals surface area contributed by atoms with Crippen molar-refractivity contribution in [2.45, 2.75) is 17.9 Å². The molecular weight excluding hydrogens is 348 g/mol. The van der Waals surface area contributed by atoms with Crippen LogP contribution in [0.15, 0.2) is 47.4 Å². The lowest BCUT2D eigenvalue weighted by atomic mass is 10.2. The van der Waals surface area contributed by atoms with Gasteiger partial charge in [-0.3, -0.25) is 10.1 Å². The molecule has 25 heavy (non-hydrogen) atoms. The zero-order valence-electron chi connectivity index (χ0n) is 13.3. The van der Waals surface area contributed by atoms with Crippen LogP contribution in [-0.2, 0) is 10.0 Å². The van der Waals surface area contributed by atoms with Crippen LogP contribution >= 0.6 is 0 Å². The van der Waals surface area contributed by atoms with Gasteiger partial charge >= 0.3 is 0 Å². The lowest BCUT2D eigenvalue weighted by Crippen LogP contribution is -2.40. The first-order valence-corrected chi connectivity index (χ1v) is 8.98. The molecule has 9 heteroatoms. The van der Waals surface area contributed by atoms with Gasteiger partial charge in [0.2, 0.25) is 10.0 Å². The number of nitro groups is 1. The summed E-state index contributed by atoms with van der Waals surface area (Å²) in [5.41, 5.74) is 0.152. The molecule has 0 unspecified atom stereocenters. The number of fused-ring (bicyclic) bond motifs is 1.